The van der Waals surface area contributed by atoms with E-state index in [9.17, 15) is 4.79 Å². The van der Waals surface area contributed by atoms with E-state index in [-0.39, 0.29) is 6.03 Å². The van der Waals surface area contributed by atoms with E-state index in [1.165, 1.54) is 24.9 Å². The number of nitrogens with one attached hydrogen (secondary N) is 1. The van der Waals surface area contributed by atoms with Crippen LogP contribution in [0.4, 0.5) is 16.2 Å². The minimum atomic E-state index is -0.165. The number of ether oxygens (including phenoxy) is 1. The number of piperidine rings is 1. The van der Waals surface area contributed by atoms with E-state index >= 15 is 0 Å². The molecule has 1 aliphatic rings. The van der Waals surface area contributed by atoms with E-state index < -0.39 is 0 Å². The minimum absolute atomic E-state index is 0.165. The summed E-state index contributed by atoms with van der Waals surface area (Å²) in [5.41, 5.74) is 4.84. The molecule has 1 aliphatic heterocycles. The zero-order valence-corrected chi connectivity index (χ0v) is 19.0. The average Bonchev–Trinajstić information content (AvgIpc) is 3.25. The van der Waals surface area contributed by atoms with E-state index in [4.69, 9.17) is 4.74 Å². The maximum Gasteiger partial charge on any atom is 0.321 e. The smallest absolute Gasteiger partial charge is 0.321 e. The minimum Gasteiger partial charge on any atom is -0.494 e. The summed E-state index contributed by atoms with van der Waals surface area (Å²) in [4.78, 5) is 21.2. The van der Waals surface area contributed by atoms with Crippen LogP contribution in [0.25, 0.3) is 5.69 Å². The Morgan fingerprint density at radius 3 is 2.69 bits per heavy atom. The third-order valence-corrected chi connectivity index (χ3v) is 5.82. The topological polar surface area (TPSA) is 62.6 Å². The van der Waals surface area contributed by atoms with Crippen LogP contribution in [0.2, 0.25) is 0 Å². The Balaban J connectivity index is 1.41. The zero-order valence-electron chi connectivity index (χ0n) is 19.0. The highest BCUT2D eigenvalue weighted by atomic mass is 16.5. The SMILES string of the molecule is COc1cc(NC(=O)N(C)Cc2cccc(N3CCCCC3)c2)ccc1-n1cnc(C)c1. The van der Waals surface area contributed by atoms with Crippen molar-refractivity contribution < 1.29 is 9.53 Å². The first-order valence-corrected chi connectivity index (χ1v) is 11.1. The Kier molecular flexibility index (Phi) is 6.63. The third kappa shape index (κ3) is 5.04. The normalized spacial score (nSPS) is 13.7. The largest absolute Gasteiger partial charge is 0.494 e. The van der Waals surface area contributed by atoms with E-state index in [0.717, 1.165) is 30.0 Å². The lowest BCUT2D eigenvalue weighted by molar-refractivity contribution is 0.220. The van der Waals surface area contributed by atoms with Gasteiger partial charge in [-0.3, -0.25) is 0 Å². The molecule has 0 atom stereocenters. The number of aryl methyl sites for hydroxylation is 1. The molecule has 3 aromatic rings. The molecule has 1 saturated heterocycles. The van der Waals surface area contributed by atoms with Crippen molar-refractivity contribution in [1.82, 2.24) is 14.5 Å². The monoisotopic (exact) mass is 433 g/mol. The molecule has 0 spiro atoms. The van der Waals surface area contributed by atoms with Crippen LogP contribution in [0.1, 0.15) is 30.5 Å². The summed E-state index contributed by atoms with van der Waals surface area (Å²) in [6.07, 6.45) is 7.48. The van der Waals surface area contributed by atoms with Gasteiger partial charge in [-0.1, -0.05) is 12.1 Å². The number of carbonyl (C=O) groups is 1. The lowest BCUT2D eigenvalue weighted by Gasteiger charge is -2.29. The lowest BCUT2D eigenvalue weighted by Crippen LogP contribution is -2.31. The van der Waals surface area contributed by atoms with Crippen molar-refractivity contribution >= 4 is 17.4 Å². The van der Waals surface area contributed by atoms with Crippen LogP contribution in [0.3, 0.4) is 0 Å². The molecule has 4 rings (SSSR count). The molecule has 0 radical (unpaired) electrons. The number of methoxy groups -OCH3 is 1. The van der Waals surface area contributed by atoms with Crippen LogP contribution < -0.4 is 15.0 Å². The molecule has 0 bridgehead atoms. The number of amides is 2. The average molecular weight is 434 g/mol. The summed E-state index contributed by atoms with van der Waals surface area (Å²) in [5.74, 6) is 0.664. The molecule has 1 fully saturated rings. The number of anilines is 2. The Labute approximate surface area is 189 Å². The number of urea groups is 1. The maximum atomic E-state index is 12.8. The molecular weight excluding hydrogens is 402 g/mol. The van der Waals surface area contributed by atoms with Gasteiger partial charge < -0.3 is 24.4 Å². The second-order valence-electron chi connectivity index (χ2n) is 8.31. The van der Waals surface area contributed by atoms with Gasteiger partial charge in [-0.25, -0.2) is 9.78 Å². The fourth-order valence-electron chi connectivity index (χ4n) is 4.09. The second-order valence-corrected chi connectivity index (χ2v) is 8.31. The van der Waals surface area contributed by atoms with Gasteiger partial charge in [0.25, 0.3) is 0 Å². The fourth-order valence-corrected chi connectivity index (χ4v) is 4.09. The molecule has 0 unspecified atom stereocenters. The fraction of sp³-hybridized carbons (Fsp3) is 0.360. The first-order valence-electron chi connectivity index (χ1n) is 11.1. The van der Waals surface area contributed by atoms with Crippen molar-refractivity contribution in [2.45, 2.75) is 32.7 Å². The first kappa shape index (κ1) is 21.7. The molecule has 2 amide bonds. The number of carbonyl (C=O) groups excluding carboxylic acids is 1. The van der Waals surface area contributed by atoms with Crippen molar-refractivity contribution in [3.05, 3.63) is 66.2 Å². The van der Waals surface area contributed by atoms with Gasteiger partial charge in [0.2, 0.25) is 0 Å². The van der Waals surface area contributed by atoms with Gasteiger partial charge in [-0.2, -0.15) is 0 Å². The molecule has 2 aromatic carbocycles. The zero-order chi connectivity index (χ0) is 22.5. The maximum absolute atomic E-state index is 12.8. The summed E-state index contributed by atoms with van der Waals surface area (Å²) in [5, 5.41) is 2.97. The Morgan fingerprint density at radius 2 is 1.97 bits per heavy atom. The van der Waals surface area contributed by atoms with E-state index in [2.05, 4.69) is 39.5 Å². The number of imidazole rings is 1. The van der Waals surface area contributed by atoms with E-state index in [1.54, 1.807) is 18.3 Å². The molecule has 7 heteroatoms. The quantitative estimate of drug-likeness (QED) is 0.604. The molecule has 32 heavy (non-hydrogen) atoms. The number of aromatic nitrogens is 2. The Morgan fingerprint density at radius 1 is 1.16 bits per heavy atom. The first-order chi connectivity index (χ1) is 15.5. The standard InChI is InChI=1S/C25H31N5O2/c1-19-16-30(18-26-19)23-11-10-21(15-24(23)32-3)27-25(31)28(2)17-20-8-7-9-22(14-20)29-12-5-4-6-13-29/h7-11,14-16,18H,4-6,12-13,17H2,1-3H3,(H,27,31). The predicted molar refractivity (Wildman–Crippen MR) is 128 cm³/mol. The Bertz CT molecular complexity index is 1070. The van der Waals surface area contributed by atoms with Crippen LogP contribution in [0.5, 0.6) is 5.75 Å². The Hall–Kier alpha value is -3.48. The number of nitrogens with zero attached hydrogens (tertiary/aromatic N) is 4. The van der Waals surface area contributed by atoms with E-state index in [1.807, 2.05) is 42.9 Å². The van der Waals surface area contributed by atoms with Gasteiger partial charge in [0.15, 0.2) is 0 Å². The summed E-state index contributed by atoms with van der Waals surface area (Å²) in [6, 6.07) is 13.9. The highest BCUT2D eigenvalue weighted by Gasteiger charge is 2.14. The van der Waals surface area contributed by atoms with Gasteiger partial charge >= 0.3 is 6.03 Å². The molecular formula is C25H31N5O2. The molecule has 7 nitrogen and oxygen atoms in total. The summed E-state index contributed by atoms with van der Waals surface area (Å²) in [7, 11) is 3.43. The highest BCUT2D eigenvalue weighted by molar-refractivity contribution is 5.89. The van der Waals surface area contributed by atoms with Gasteiger partial charge in [-0.05, 0) is 56.0 Å². The number of benzene rings is 2. The second kappa shape index (κ2) is 9.77. The number of rotatable bonds is 6. The van der Waals surface area contributed by atoms with Gasteiger partial charge in [0, 0.05) is 50.3 Å². The molecule has 0 aliphatic carbocycles. The molecule has 2 heterocycles. The summed E-state index contributed by atoms with van der Waals surface area (Å²) < 4.78 is 7.44. The van der Waals surface area contributed by atoms with Gasteiger partial charge in [0.1, 0.15) is 5.75 Å². The van der Waals surface area contributed by atoms with Crippen LogP contribution in [0.15, 0.2) is 55.0 Å². The van der Waals surface area contributed by atoms with Crippen molar-refractivity contribution in [3.8, 4) is 11.4 Å². The summed E-state index contributed by atoms with van der Waals surface area (Å²) >= 11 is 0. The van der Waals surface area contributed by atoms with E-state index in [0.29, 0.717) is 18.0 Å². The third-order valence-electron chi connectivity index (χ3n) is 5.82. The number of hydrogen-bond donors (Lipinski definition) is 1. The van der Waals surface area contributed by atoms with Crippen molar-refractivity contribution in [1.29, 1.82) is 0 Å². The van der Waals surface area contributed by atoms with Crippen LogP contribution in [-0.2, 0) is 6.54 Å². The van der Waals surface area contributed by atoms with Gasteiger partial charge in [-0.15, -0.1) is 0 Å². The number of hydrogen-bond acceptors (Lipinski definition) is 4. The van der Waals surface area contributed by atoms with Crippen molar-refractivity contribution in [2.75, 3.05) is 37.5 Å². The van der Waals surface area contributed by atoms with Crippen LogP contribution in [-0.4, -0.2) is 47.7 Å². The van der Waals surface area contributed by atoms with Gasteiger partial charge in [0.05, 0.1) is 24.8 Å². The van der Waals surface area contributed by atoms with Crippen molar-refractivity contribution in [3.63, 3.8) is 0 Å². The molecule has 1 N–H and O–H groups in total. The lowest BCUT2D eigenvalue weighted by atomic mass is 10.1. The predicted octanol–water partition coefficient (Wildman–Crippen LogP) is 4.84. The van der Waals surface area contributed by atoms with Crippen LogP contribution >= 0.6 is 0 Å². The molecule has 0 saturated carbocycles. The molecule has 1 aromatic heterocycles. The molecule has 168 valence electrons. The highest BCUT2D eigenvalue weighted by Crippen LogP contribution is 2.27. The summed E-state index contributed by atoms with van der Waals surface area (Å²) in [6.45, 7) is 4.69. The van der Waals surface area contributed by atoms with Crippen LogP contribution in [0, 0.1) is 6.92 Å². The van der Waals surface area contributed by atoms with Crippen molar-refractivity contribution in [2.24, 2.45) is 0 Å².